The highest BCUT2D eigenvalue weighted by Crippen LogP contribution is 2.24. The van der Waals surface area contributed by atoms with Crippen LogP contribution in [0.4, 0.5) is 4.39 Å². The Morgan fingerprint density at radius 2 is 1.94 bits per heavy atom. The van der Waals surface area contributed by atoms with Gasteiger partial charge in [0.15, 0.2) is 5.78 Å². The van der Waals surface area contributed by atoms with E-state index >= 15 is 0 Å². The molecule has 3 nitrogen and oxygen atoms in total. The molecule has 0 aromatic heterocycles. The van der Waals surface area contributed by atoms with E-state index in [1.54, 1.807) is 13.8 Å². The average Bonchev–Trinajstić information content (AvgIpc) is 2.22. The fraction of sp³-hybridized carbons (Fsp3) is 0.333. The molecule has 1 aromatic carbocycles. The smallest absolute Gasteiger partial charge is 0.232 e. The largest absolute Gasteiger partial charge is 0.369 e. The van der Waals surface area contributed by atoms with Crippen LogP contribution in [0, 0.1) is 11.7 Å². The van der Waals surface area contributed by atoms with E-state index in [0.717, 1.165) is 6.07 Å². The minimum atomic E-state index is -1.09. The first-order valence-electron chi connectivity index (χ1n) is 5.12. The molecule has 17 heavy (non-hydrogen) atoms. The minimum Gasteiger partial charge on any atom is -0.369 e. The molecule has 5 heteroatoms. The van der Waals surface area contributed by atoms with E-state index in [9.17, 15) is 14.0 Å². The molecule has 0 spiro atoms. The Morgan fingerprint density at radius 3 is 2.35 bits per heavy atom. The number of benzene rings is 1. The average molecular weight is 302 g/mol. The van der Waals surface area contributed by atoms with Gasteiger partial charge in [0.05, 0.1) is 4.47 Å². The quantitative estimate of drug-likeness (QED) is 0.868. The molecule has 0 aliphatic rings. The lowest BCUT2D eigenvalue weighted by molar-refractivity contribution is -0.130. The van der Waals surface area contributed by atoms with Crippen molar-refractivity contribution in [1.29, 1.82) is 0 Å². The summed E-state index contributed by atoms with van der Waals surface area (Å²) in [5.41, 5.74) is 5.49. The van der Waals surface area contributed by atoms with Crippen molar-refractivity contribution in [2.75, 3.05) is 0 Å². The highest BCUT2D eigenvalue weighted by atomic mass is 79.9. The lowest BCUT2D eigenvalue weighted by atomic mass is 9.88. The van der Waals surface area contributed by atoms with Gasteiger partial charge in [0.2, 0.25) is 5.91 Å². The van der Waals surface area contributed by atoms with Crippen LogP contribution in [0.2, 0.25) is 0 Å². The van der Waals surface area contributed by atoms with E-state index in [4.69, 9.17) is 5.73 Å². The van der Waals surface area contributed by atoms with E-state index in [-0.39, 0.29) is 21.7 Å². The van der Waals surface area contributed by atoms with Gasteiger partial charge in [-0.15, -0.1) is 0 Å². The van der Waals surface area contributed by atoms with Gasteiger partial charge in [-0.3, -0.25) is 9.59 Å². The van der Waals surface area contributed by atoms with E-state index in [1.165, 1.54) is 12.1 Å². The van der Waals surface area contributed by atoms with Crippen molar-refractivity contribution < 1.29 is 14.0 Å². The van der Waals surface area contributed by atoms with Crippen molar-refractivity contribution in [2.24, 2.45) is 11.7 Å². The molecule has 92 valence electrons. The summed E-state index contributed by atoms with van der Waals surface area (Å²) < 4.78 is 13.6. The molecule has 0 aliphatic carbocycles. The predicted molar refractivity (Wildman–Crippen MR) is 65.9 cm³/mol. The zero-order chi connectivity index (χ0) is 13.2. The van der Waals surface area contributed by atoms with Crippen molar-refractivity contribution in [3.8, 4) is 0 Å². The van der Waals surface area contributed by atoms with Crippen molar-refractivity contribution in [2.45, 2.75) is 19.8 Å². The monoisotopic (exact) mass is 301 g/mol. The fourth-order valence-electron chi connectivity index (χ4n) is 1.49. The Balaban J connectivity index is 3.19. The number of rotatable bonds is 4. The third-order valence-corrected chi connectivity index (χ3v) is 3.06. The van der Waals surface area contributed by atoms with Crippen LogP contribution in [-0.2, 0) is 9.59 Å². The van der Waals surface area contributed by atoms with Crippen molar-refractivity contribution in [1.82, 2.24) is 0 Å². The van der Waals surface area contributed by atoms with Gasteiger partial charge in [-0.05, 0) is 33.6 Å². The molecule has 1 amide bonds. The molecule has 1 unspecified atom stereocenters. The molecule has 0 heterocycles. The van der Waals surface area contributed by atoms with Gasteiger partial charge < -0.3 is 5.73 Å². The molecular weight excluding hydrogens is 289 g/mol. The van der Waals surface area contributed by atoms with E-state index < -0.39 is 17.6 Å². The van der Waals surface area contributed by atoms with E-state index in [0.29, 0.717) is 0 Å². The molecule has 0 aliphatic heterocycles. The second-order valence-corrected chi connectivity index (χ2v) is 4.92. The van der Waals surface area contributed by atoms with Gasteiger partial charge in [-0.25, -0.2) is 4.39 Å². The Bertz CT molecular complexity index is 460. The fourth-order valence-corrected chi connectivity index (χ4v) is 1.74. The molecule has 1 atom stereocenters. The van der Waals surface area contributed by atoms with Gasteiger partial charge in [-0.2, -0.15) is 0 Å². The van der Waals surface area contributed by atoms with Gasteiger partial charge >= 0.3 is 0 Å². The normalized spacial score (nSPS) is 12.5. The van der Waals surface area contributed by atoms with Gasteiger partial charge in [-0.1, -0.05) is 19.9 Å². The van der Waals surface area contributed by atoms with Gasteiger partial charge in [0.1, 0.15) is 11.7 Å². The maximum Gasteiger partial charge on any atom is 0.232 e. The summed E-state index contributed by atoms with van der Waals surface area (Å²) in [5, 5.41) is 0. The summed E-state index contributed by atoms with van der Waals surface area (Å²) in [7, 11) is 0. The lowest BCUT2D eigenvalue weighted by Crippen LogP contribution is -2.31. The number of hydrogen-bond acceptors (Lipinski definition) is 2. The number of ketones is 1. The minimum absolute atomic E-state index is 0.279. The summed E-state index contributed by atoms with van der Waals surface area (Å²) >= 11 is 3.01. The first-order chi connectivity index (χ1) is 7.84. The van der Waals surface area contributed by atoms with Crippen LogP contribution in [0.3, 0.4) is 0 Å². The van der Waals surface area contributed by atoms with Crippen LogP contribution < -0.4 is 5.73 Å². The molecule has 1 aromatic rings. The van der Waals surface area contributed by atoms with Crippen molar-refractivity contribution in [3.63, 3.8) is 0 Å². The molecule has 0 saturated heterocycles. The zero-order valence-electron chi connectivity index (χ0n) is 9.54. The number of nitrogens with two attached hydrogens (primary N) is 1. The number of Topliss-reactive ketones (excluding diaryl/α,β-unsaturated/α-hetero) is 1. The molecule has 0 radical (unpaired) electrons. The summed E-state index contributed by atoms with van der Waals surface area (Å²) in [6.07, 6.45) is 0. The molecule has 1 rings (SSSR count). The van der Waals surface area contributed by atoms with Gasteiger partial charge in [0, 0.05) is 5.92 Å². The molecule has 0 saturated carbocycles. The van der Waals surface area contributed by atoms with Crippen LogP contribution >= 0.6 is 15.9 Å². The first kappa shape index (κ1) is 13.8. The standard InChI is InChI=1S/C12H13BrFNO2/c1-6(2)11(16)10(12(15)17)7-3-4-8(13)9(14)5-7/h3-6,10H,1-2H3,(H2,15,17). The number of halogens is 2. The molecule has 0 bridgehead atoms. The second kappa shape index (κ2) is 5.40. The van der Waals surface area contributed by atoms with E-state index in [2.05, 4.69) is 15.9 Å². The molecule has 0 fully saturated rings. The first-order valence-corrected chi connectivity index (χ1v) is 5.92. The number of amides is 1. The second-order valence-electron chi connectivity index (χ2n) is 4.07. The Labute approximate surface area is 107 Å². The zero-order valence-corrected chi connectivity index (χ0v) is 11.1. The maximum absolute atomic E-state index is 13.4. The van der Waals surface area contributed by atoms with Crippen LogP contribution in [-0.4, -0.2) is 11.7 Å². The van der Waals surface area contributed by atoms with Crippen LogP contribution in [0.5, 0.6) is 0 Å². The van der Waals surface area contributed by atoms with Crippen LogP contribution in [0.15, 0.2) is 22.7 Å². The summed E-state index contributed by atoms with van der Waals surface area (Å²) in [6.45, 7) is 3.35. The third-order valence-electron chi connectivity index (χ3n) is 2.42. The highest BCUT2D eigenvalue weighted by molar-refractivity contribution is 9.10. The number of carbonyl (C=O) groups excluding carboxylic acids is 2. The summed E-state index contributed by atoms with van der Waals surface area (Å²) in [6, 6.07) is 4.12. The highest BCUT2D eigenvalue weighted by Gasteiger charge is 2.28. The topological polar surface area (TPSA) is 60.2 Å². The maximum atomic E-state index is 13.4. The predicted octanol–water partition coefficient (Wildman–Crippen LogP) is 2.38. The Hall–Kier alpha value is -1.23. The number of carbonyl (C=O) groups is 2. The number of primary amides is 1. The SMILES string of the molecule is CC(C)C(=O)C(C(N)=O)c1ccc(Br)c(F)c1. The Morgan fingerprint density at radius 1 is 1.35 bits per heavy atom. The third kappa shape index (κ3) is 3.12. The van der Waals surface area contributed by atoms with Crippen LogP contribution in [0.1, 0.15) is 25.3 Å². The summed E-state index contributed by atoms with van der Waals surface area (Å²) in [5.74, 6) is -3.01. The van der Waals surface area contributed by atoms with Crippen LogP contribution in [0.25, 0.3) is 0 Å². The Kier molecular flexibility index (Phi) is 4.40. The number of hydrogen-bond donors (Lipinski definition) is 1. The molecule has 2 N–H and O–H groups in total. The summed E-state index contributed by atoms with van der Waals surface area (Å²) in [4.78, 5) is 23.2. The van der Waals surface area contributed by atoms with Crippen molar-refractivity contribution in [3.05, 3.63) is 34.1 Å². The van der Waals surface area contributed by atoms with Gasteiger partial charge in [0.25, 0.3) is 0 Å². The lowest BCUT2D eigenvalue weighted by Gasteiger charge is -2.15. The van der Waals surface area contributed by atoms with Crippen molar-refractivity contribution >= 4 is 27.6 Å². The molecular formula is C12H13BrFNO2. The van der Waals surface area contributed by atoms with E-state index in [1.807, 2.05) is 0 Å².